The molecule has 0 unspecified atom stereocenters. The van der Waals surface area contributed by atoms with Crippen molar-refractivity contribution in [2.24, 2.45) is 5.92 Å². The Labute approximate surface area is 101 Å². The van der Waals surface area contributed by atoms with Gasteiger partial charge in [0.25, 0.3) is 0 Å². The lowest BCUT2D eigenvalue weighted by Gasteiger charge is -2.27. The third-order valence-electron chi connectivity index (χ3n) is 3.40. The summed E-state index contributed by atoms with van der Waals surface area (Å²) in [5.74, 6) is -1.04. The molecular weight excluding hydrogens is 214 g/mol. The lowest BCUT2D eigenvalue weighted by atomic mass is 10.1. The highest BCUT2D eigenvalue weighted by Gasteiger charge is 2.33. The van der Waals surface area contributed by atoms with Gasteiger partial charge in [-0.05, 0) is 12.5 Å². The molecule has 1 fully saturated rings. The number of aliphatic carboxylic acids is 1. The maximum Gasteiger partial charge on any atom is 0.308 e. The molecule has 1 N–H and O–H groups in total. The molecule has 0 bridgehead atoms. The molecule has 1 heterocycles. The second-order valence-corrected chi connectivity index (χ2v) is 4.54. The lowest BCUT2D eigenvalue weighted by molar-refractivity contribution is -0.141. The van der Waals surface area contributed by atoms with E-state index in [1.54, 1.807) is 0 Å². The van der Waals surface area contributed by atoms with E-state index in [0.717, 1.165) is 5.70 Å². The Morgan fingerprint density at radius 1 is 1.47 bits per heavy atom. The molecule has 0 radical (unpaired) electrons. The molecule has 0 aromatic heterocycles. The van der Waals surface area contributed by atoms with Crippen molar-refractivity contribution in [1.82, 2.24) is 4.90 Å². The van der Waals surface area contributed by atoms with Gasteiger partial charge in [0, 0.05) is 18.7 Å². The number of hydrogen-bond donors (Lipinski definition) is 1. The standard InChI is InChI=1S/C14H17NO2/c1-10-8-13(14(16)17)9-15(10)11(2)12-6-4-3-5-7-12/h3-7,11,13H,1,8-9H2,2H3,(H,16,17)/t11-,13-/m0/s1. The highest BCUT2D eigenvalue weighted by molar-refractivity contribution is 5.71. The quantitative estimate of drug-likeness (QED) is 0.869. The number of likely N-dealkylation sites (tertiary alicyclic amines) is 1. The summed E-state index contributed by atoms with van der Waals surface area (Å²) in [5.41, 5.74) is 2.12. The Morgan fingerprint density at radius 3 is 2.65 bits per heavy atom. The maximum atomic E-state index is 11.0. The number of rotatable bonds is 3. The minimum absolute atomic E-state index is 0.188. The normalized spacial score (nSPS) is 21.6. The number of hydrogen-bond acceptors (Lipinski definition) is 2. The molecule has 3 nitrogen and oxygen atoms in total. The molecule has 0 saturated carbocycles. The van der Waals surface area contributed by atoms with Gasteiger partial charge in [-0.2, -0.15) is 0 Å². The van der Waals surface area contributed by atoms with Crippen LogP contribution in [-0.4, -0.2) is 22.5 Å². The van der Waals surface area contributed by atoms with Crippen LogP contribution in [0.15, 0.2) is 42.6 Å². The summed E-state index contributed by atoms with van der Waals surface area (Å²) >= 11 is 0. The van der Waals surface area contributed by atoms with Crippen molar-refractivity contribution >= 4 is 5.97 Å². The van der Waals surface area contributed by atoms with E-state index in [2.05, 4.69) is 30.5 Å². The number of carboxylic acid groups (broad SMARTS) is 1. The summed E-state index contributed by atoms with van der Waals surface area (Å²) in [5, 5.41) is 9.03. The van der Waals surface area contributed by atoms with E-state index >= 15 is 0 Å². The summed E-state index contributed by atoms with van der Waals surface area (Å²) in [6, 6.07) is 10.3. The van der Waals surface area contributed by atoms with Crippen molar-refractivity contribution in [3.8, 4) is 0 Å². The van der Waals surface area contributed by atoms with Crippen LogP contribution >= 0.6 is 0 Å². The van der Waals surface area contributed by atoms with Gasteiger partial charge in [-0.15, -0.1) is 0 Å². The largest absolute Gasteiger partial charge is 0.481 e. The zero-order valence-electron chi connectivity index (χ0n) is 9.97. The Balaban J connectivity index is 2.14. The first-order valence-corrected chi connectivity index (χ1v) is 5.81. The number of carboxylic acids is 1. The van der Waals surface area contributed by atoms with Crippen LogP contribution in [0.2, 0.25) is 0 Å². The highest BCUT2D eigenvalue weighted by Crippen LogP contribution is 2.33. The van der Waals surface area contributed by atoms with Crippen molar-refractivity contribution in [3.63, 3.8) is 0 Å². The average Bonchev–Trinajstić information content (AvgIpc) is 2.72. The fourth-order valence-corrected chi connectivity index (χ4v) is 2.34. The molecule has 1 saturated heterocycles. The summed E-state index contributed by atoms with van der Waals surface area (Å²) < 4.78 is 0. The van der Waals surface area contributed by atoms with Gasteiger partial charge >= 0.3 is 5.97 Å². The first-order chi connectivity index (χ1) is 8.09. The molecule has 90 valence electrons. The number of nitrogens with zero attached hydrogens (tertiary/aromatic N) is 1. The fourth-order valence-electron chi connectivity index (χ4n) is 2.34. The second kappa shape index (κ2) is 4.62. The van der Waals surface area contributed by atoms with E-state index in [1.165, 1.54) is 5.56 Å². The Morgan fingerprint density at radius 2 is 2.12 bits per heavy atom. The number of benzene rings is 1. The Bertz CT molecular complexity index is 427. The van der Waals surface area contributed by atoms with E-state index in [0.29, 0.717) is 13.0 Å². The van der Waals surface area contributed by atoms with Gasteiger partial charge in [-0.3, -0.25) is 4.79 Å². The summed E-state index contributed by atoms with van der Waals surface area (Å²) in [4.78, 5) is 13.1. The van der Waals surface area contributed by atoms with E-state index in [-0.39, 0.29) is 12.0 Å². The van der Waals surface area contributed by atoms with Crippen LogP contribution in [0.25, 0.3) is 0 Å². The first-order valence-electron chi connectivity index (χ1n) is 5.81. The smallest absolute Gasteiger partial charge is 0.308 e. The molecule has 3 heteroatoms. The predicted molar refractivity (Wildman–Crippen MR) is 66.4 cm³/mol. The summed E-state index contributed by atoms with van der Waals surface area (Å²) in [6.45, 7) is 6.63. The van der Waals surface area contributed by atoms with Crippen LogP contribution in [0.4, 0.5) is 0 Å². The second-order valence-electron chi connectivity index (χ2n) is 4.54. The molecule has 0 aliphatic carbocycles. The molecule has 2 rings (SSSR count). The van der Waals surface area contributed by atoms with Crippen molar-refractivity contribution in [3.05, 3.63) is 48.2 Å². The van der Waals surface area contributed by atoms with Gasteiger partial charge in [-0.1, -0.05) is 36.9 Å². The van der Waals surface area contributed by atoms with Gasteiger partial charge in [0.2, 0.25) is 0 Å². The minimum atomic E-state index is -0.728. The van der Waals surface area contributed by atoms with Gasteiger partial charge in [0.05, 0.1) is 12.0 Å². The van der Waals surface area contributed by atoms with Crippen molar-refractivity contribution in [2.45, 2.75) is 19.4 Å². The maximum absolute atomic E-state index is 11.0. The van der Waals surface area contributed by atoms with Crippen LogP contribution in [0, 0.1) is 5.92 Å². The van der Waals surface area contributed by atoms with E-state index < -0.39 is 5.97 Å². The topological polar surface area (TPSA) is 40.5 Å². The molecule has 1 aliphatic heterocycles. The molecule has 2 atom stereocenters. The number of allylic oxidation sites excluding steroid dienone is 1. The molecule has 1 aliphatic rings. The van der Waals surface area contributed by atoms with Crippen molar-refractivity contribution in [1.29, 1.82) is 0 Å². The van der Waals surface area contributed by atoms with Crippen molar-refractivity contribution in [2.75, 3.05) is 6.54 Å². The zero-order valence-corrected chi connectivity index (χ0v) is 9.97. The zero-order chi connectivity index (χ0) is 12.4. The SMILES string of the molecule is C=C1C[C@H](C(=O)O)CN1[C@@H](C)c1ccccc1. The lowest BCUT2D eigenvalue weighted by Crippen LogP contribution is -2.25. The summed E-state index contributed by atoms with van der Waals surface area (Å²) in [6.07, 6.45) is 0.562. The van der Waals surface area contributed by atoms with Crippen LogP contribution in [-0.2, 0) is 4.79 Å². The van der Waals surface area contributed by atoms with Gasteiger partial charge in [0.15, 0.2) is 0 Å². The van der Waals surface area contributed by atoms with Crippen molar-refractivity contribution < 1.29 is 9.90 Å². The molecule has 17 heavy (non-hydrogen) atoms. The first kappa shape index (κ1) is 11.7. The van der Waals surface area contributed by atoms with Crippen LogP contribution in [0.1, 0.15) is 24.9 Å². The minimum Gasteiger partial charge on any atom is -0.481 e. The molecular formula is C14H17NO2. The molecule has 1 aromatic rings. The third-order valence-corrected chi connectivity index (χ3v) is 3.40. The monoisotopic (exact) mass is 231 g/mol. The van der Waals surface area contributed by atoms with Crippen LogP contribution in [0.5, 0.6) is 0 Å². The third kappa shape index (κ3) is 2.33. The van der Waals surface area contributed by atoms with Gasteiger partial charge < -0.3 is 10.0 Å². The van der Waals surface area contributed by atoms with E-state index in [1.807, 2.05) is 18.2 Å². The molecule has 0 spiro atoms. The predicted octanol–water partition coefficient (Wildman–Crippen LogP) is 2.67. The molecule has 1 aromatic carbocycles. The molecule has 0 amide bonds. The van der Waals surface area contributed by atoms with E-state index in [9.17, 15) is 4.79 Å². The highest BCUT2D eigenvalue weighted by atomic mass is 16.4. The van der Waals surface area contributed by atoms with Gasteiger partial charge in [-0.25, -0.2) is 0 Å². The Hall–Kier alpha value is -1.77. The average molecular weight is 231 g/mol. The summed E-state index contributed by atoms with van der Waals surface area (Å²) in [7, 11) is 0. The van der Waals surface area contributed by atoms with E-state index in [4.69, 9.17) is 5.11 Å². The van der Waals surface area contributed by atoms with Crippen LogP contribution in [0.3, 0.4) is 0 Å². The fraction of sp³-hybridized carbons (Fsp3) is 0.357. The Kier molecular flexibility index (Phi) is 3.18. The van der Waals surface area contributed by atoms with Gasteiger partial charge in [0.1, 0.15) is 0 Å². The number of carbonyl (C=O) groups is 1. The van der Waals surface area contributed by atoms with Crippen LogP contribution < -0.4 is 0 Å².